The van der Waals surface area contributed by atoms with Gasteiger partial charge in [0.15, 0.2) is 0 Å². The maximum absolute atomic E-state index is 11.6. The quantitative estimate of drug-likeness (QED) is 0.156. The number of hydrogen-bond acceptors (Lipinski definition) is 5. The summed E-state index contributed by atoms with van der Waals surface area (Å²) in [5, 5.41) is 11.3. The topological polar surface area (TPSA) is 118 Å². The third-order valence-corrected chi connectivity index (χ3v) is 5.06. The van der Waals surface area contributed by atoms with Gasteiger partial charge in [-0.3, -0.25) is 14.8 Å². The van der Waals surface area contributed by atoms with Gasteiger partial charge in [-0.1, -0.05) is 36.4 Å². The third-order valence-electron chi connectivity index (χ3n) is 4.20. The molecular weight excluding hydrogens is 1120 g/mol. The van der Waals surface area contributed by atoms with Gasteiger partial charge in [0.1, 0.15) is 0 Å². The second-order valence-corrected chi connectivity index (χ2v) is 47.8. The summed E-state index contributed by atoms with van der Waals surface area (Å²) in [6.07, 6.45) is 11.3. The van der Waals surface area contributed by atoms with Crippen LogP contribution in [0.5, 0.6) is 0 Å². The molecule has 7 nitrogen and oxygen atoms in total. The molecule has 4 N–H and O–H groups in total. The Balaban J connectivity index is 0. The zero-order valence-electron chi connectivity index (χ0n) is 22.1. The fourth-order valence-electron chi connectivity index (χ4n) is 2.08. The Kier molecular flexibility index (Phi) is 29.9. The van der Waals surface area contributed by atoms with E-state index in [4.69, 9.17) is 10.8 Å². The van der Waals surface area contributed by atoms with E-state index >= 15 is 0 Å². The molecule has 0 radical (unpaired) electrons. The van der Waals surface area contributed by atoms with Gasteiger partial charge in [-0.05, 0) is 88.1 Å². The van der Waals surface area contributed by atoms with Crippen LogP contribution in [0.2, 0.25) is 0 Å². The van der Waals surface area contributed by atoms with Crippen LogP contribution in [0.1, 0.15) is 67.2 Å². The van der Waals surface area contributed by atoms with Crippen LogP contribution >= 0.6 is 114 Å². The van der Waals surface area contributed by atoms with E-state index in [0.717, 1.165) is 27.4 Å². The molecule has 14 heteroatoms. The van der Waals surface area contributed by atoms with Gasteiger partial charge in [0.2, 0.25) is 0 Å². The first kappa shape index (κ1) is 42.8. The van der Waals surface area contributed by atoms with Crippen LogP contribution in [0.15, 0.2) is 45.9 Å². The summed E-state index contributed by atoms with van der Waals surface area (Å²) < 4.78 is 2.31. The van der Waals surface area contributed by atoms with E-state index in [1.165, 1.54) is 44.1 Å². The number of carbonyl (C=O) groups is 2. The molecule has 0 bridgehead atoms. The Labute approximate surface area is 301 Å². The summed E-state index contributed by atoms with van der Waals surface area (Å²) in [6.45, 7) is 11.0. The molecule has 0 atom stereocenters. The Morgan fingerprint density at radius 1 is 1.00 bits per heavy atom. The fourth-order valence-corrected chi connectivity index (χ4v) is 2.81. The summed E-state index contributed by atoms with van der Waals surface area (Å²) >= 11 is 16.1. The normalized spacial score (nSPS) is 12.8. The van der Waals surface area contributed by atoms with Gasteiger partial charge >= 0.3 is 70.8 Å². The average Bonchev–Trinajstić information content (AvgIpc) is 3.78. The SMILES string of the molecule is CC(C)I.NCC1CC1.O=C(NCC1CC1)c1cncc(Br)c1.O=C(O)c1cncc(Br)c1.[CH2-]C.[I][V]([I])[I]. The van der Waals surface area contributed by atoms with E-state index in [0.29, 0.717) is 16.0 Å². The van der Waals surface area contributed by atoms with Gasteiger partial charge in [-0.15, -0.1) is 0 Å². The Hall–Kier alpha value is 1.66. The maximum atomic E-state index is 11.6. The van der Waals surface area contributed by atoms with Crippen molar-refractivity contribution in [2.75, 3.05) is 13.1 Å². The number of carboxylic acids is 1. The molecular formula is C25H36Br2I4N4O3V-. The van der Waals surface area contributed by atoms with E-state index < -0.39 is 5.97 Å². The zero-order chi connectivity index (χ0) is 30.4. The predicted molar refractivity (Wildman–Crippen MR) is 200 cm³/mol. The number of aromatic carboxylic acids is 1. The molecule has 2 aromatic heterocycles. The van der Waals surface area contributed by atoms with Crippen molar-refractivity contribution in [3.63, 3.8) is 0 Å². The molecule has 0 spiro atoms. The van der Waals surface area contributed by atoms with E-state index in [9.17, 15) is 9.59 Å². The van der Waals surface area contributed by atoms with Gasteiger partial charge in [0.05, 0.1) is 11.1 Å². The number of amides is 1. The van der Waals surface area contributed by atoms with Crippen molar-refractivity contribution in [3.8, 4) is 0 Å². The first-order chi connectivity index (χ1) is 18.3. The zero-order valence-corrected chi connectivity index (χ0v) is 35.3. The first-order valence-electron chi connectivity index (χ1n) is 11.9. The molecule has 2 heterocycles. The number of alkyl halides is 1. The summed E-state index contributed by atoms with van der Waals surface area (Å²) in [4.78, 5) is 29.2. The van der Waals surface area contributed by atoms with Crippen LogP contribution in [0, 0.1) is 18.8 Å². The number of halogens is 6. The van der Waals surface area contributed by atoms with Crippen molar-refractivity contribution in [3.05, 3.63) is 63.9 Å². The van der Waals surface area contributed by atoms with E-state index in [2.05, 4.69) is 150 Å². The van der Waals surface area contributed by atoms with Crippen molar-refractivity contribution < 1.29 is 19.6 Å². The number of nitrogens with one attached hydrogen (secondary N) is 1. The molecule has 2 aromatic rings. The minimum absolute atomic E-state index is 0.0364. The number of carboxylic acid groups (broad SMARTS) is 1. The minimum atomic E-state index is -0.964. The molecule has 4 rings (SSSR count). The van der Waals surface area contributed by atoms with Crippen LogP contribution in [0.25, 0.3) is 0 Å². The van der Waals surface area contributed by atoms with Gasteiger partial charge in [-0.2, -0.15) is 6.92 Å². The van der Waals surface area contributed by atoms with Gasteiger partial charge in [0.25, 0.3) is 5.91 Å². The van der Waals surface area contributed by atoms with Crippen LogP contribution < -0.4 is 11.1 Å². The monoisotopic (exact) mass is 1160 g/mol. The van der Waals surface area contributed by atoms with Gasteiger partial charge < -0.3 is 23.1 Å². The predicted octanol–water partition coefficient (Wildman–Crippen LogP) is 9.21. The number of aromatic nitrogens is 2. The first-order valence-corrected chi connectivity index (χ1v) is 28.3. The Bertz CT molecular complexity index is 930. The van der Waals surface area contributed by atoms with Crippen molar-refractivity contribution in [2.24, 2.45) is 17.6 Å². The Morgan fingerprint density at radius 2 is 1.38 bits per heavy atom. The number of carbonyl (C=O) groups excluding carboxylic acids is 1. The van der Waals surface area contributed by atoms with Gasteiger partial charge in [0, 0.05) is 44.2 Å². The van der Waals surface area contributed by atoms with Crippen LogP contribution in [0.4, 0.5) is 0 Å². The van der Waals surface area contributed by atoms with Crippen molar-refractivity contribution in [1.82, 2.24) is 15.3 Å². The van der Waals surface area contributed by atoms with E-state index in [-0.39, 0.29) is 16.4 Å². The summed E-state index contributed by atoms with van der Waals surface area (Å²) in [6, 6.07) is 3.27. The van der Waals surface area contributed by atoms with Crippen LogP contribution in [-0.4, -0.2) is 44.0 Å². The van der Waals surface area contributed by atoms with Crippen molar-refractivity contribution in [1.29, 1.82) is 0 Å². The molecule has 0 aliphatic heterocycles. The van der Waals surface area contributed by atoms with Crippen molar-refractivity contribution >= 4 is 126 Å². The molecule has 0 saturated heterocycles. The number of nitrogens with zero attached hydrogens (tertiary/aromatic N) is 2. The molecule has 0 aromatic carbocycles. The number of nitrogens with two attached hydrogens (primary N) is 1. The summed E-state index contributed by atoms with van der Waals surface area (Å²) in [5.74, 6) is 0.619. The molecule has 2 aliphatic rings. The van der Waals surface area contributed by atoms with Crippen LogP contribution in [0.3, 0.4) is 0 Å². The Morgan fingerprint density at radius 3 is 1.67 bits per heavy atom. The molecule has 222 valence electrons. The van der Waals surface area contributed by atoms with Crippen molar-refractivity contribution in [2.45, 2.75) is 50.4 Å². The molecule has 1 amide bonds. The second-order valence-electron chi connectivity index (χ2n) is 8.13. The van der Waals surface area contributed by atoms with E-state index in [1.54, 1.807) is 25.4 Å². The molecule has 0 unspecified atom stereocenters. The number of rotatable bonds is 5. The number of pyridine rings is 2. The average molecular weight is 1160 g/mol. The summed E-state index contributed by atoms with van der Waals surface area (Å²) in [7, 11) is 0. The second kappa shape index (κ2) is 27.2. The molecule has 2 aliphatic carbocycles. The van der Waals surface area contributed by atoms with Crippen LogP contribution in [-0.2, 0) is 4.92 Å². The summed E-state index contributed by atoms with van der Waals surface area (Å²) in [5.41, 5.74) is 6.03. The third kappa shape index (κ3) is 30.9. The standard InChI is InChI=1S/C10H11BrN2O.C6H4BrNO2.C4H9N.C3H7I.C2H5.3HI.V/c11-9-3-8(5-12-6-9)10(14)13-4-7-1-2-7;7-5-1-4(6(9)10)2-8-3-5;5-3-4-1-2-4;1-3(2)4;1-2;;;;/h3,5-7H,1-2,4H2,(H,13,14);1-3H,(H,9,10);4H,1-3,5H2;3H,1-2H3;1H2,2H3;3*1H;/q;;;;-1;;;;+3/p-3. The van der Waals surface area contributed by atoms with Gasteiger partial charge in [-0.25, -0.2) is 4.79 Å². The molecule has 2 saturated carbocycles. The van der Waals surface area contributed by atoms with E-state index in [1.807, 2.05) is 0 Å². The number of hydrogen-bond donors (Lipinski definition) is 3. The molecule has 2 fully saturated rings. The fraction of sp³-hybridized carbons (Fsp3) is 0.480. The molecule has 39 heavy (non-hydrogen) atoms.